The Labute approximate surface area is 200 Å². The number of Topliss-reactive ketones (excluding diaryl/α,β-unsaturated/α-hetero) is 1. The second-order valence-electron chi connectivity index (χ2n) is 7.56. The van der Waals surface area contributed by atoms with E-state index in [4.69, 9.17) is 21.1 Å². The number of pyridine rings is 1. The van der Waals surface area contributed by atoms with Gasteiger partial charge in [0.1, 0.15) is 23.0 Å². The molecule has 1 fully saturated rings. The van der Waals surface area contributed by atoms with E-state index in [1.165, 1.54) is 43.4 Å². The molecule has 34 heavy (non-hydrogen) atoms. The van der Waals surface area contributed by atoms with E-state index in [9.17, 15) is 19.8 Å². The van der Waals surface area contributed by atoms with Gasteiger partial charge in [-0.2, -0.15) is 0 Å². The minimum absolute atomic E-state index is 0.0438. The number of carbonyl (C=O) groups is 2. The number of aromatic nitrogens is 1. The number of hydrogen-bond donors (Lipinski definition) is 2. The van der Waals surface area contributed by atoms with Gasteiger partial charge < -0.3 is 24.6 Å². The van der Waals surface area contributed by atoms with Crippen LogP contribution in [-0.2, 0) is 16.1 Å². The Balaban J connectivity index is 1.93. The molecule has 1 atom stereocenters. The van der Waals surface area contributed by atoms with Crippen molar-refractivity contribution in [2.45, 2.75) is 12.6 Å². The van der Waals surface area contributed by atoms with Gasteiger partial charge in [0.25, 0.3) is 11.7 Å². The van der Waals surface area contributed by atoms with Crippen LogP contribution in [0.4, 0.5) is 0 Å². The van der Waals surface area contributed by atoms with E-state index in [-0.39, 0.29) is 40.0 Å². The second-order valence-corrected chi connectivity index (χ2v) is 7.97. The molecule has 1 aliphatic rings. The third kappa shape index (κ3) is 4.15. The topological polar surface area (TPSA) is 109 Å². The van der Waals surface area contributed by atoms with Crippen molar-refractivity contribution >= 4 is 29.1 Å². The number of aliphatic hydroxyl groups excluding tert-OH is 1. The molecule has 9 heteroatoms. The van der Waals surface area contributed by atoms with Crippen LogP contribution < -0.4 is 9.47 Å². The van der Waals surface area contributed by atoms with Gasteiger partial charge in [0, 0.05) is 25.0 Å². The van der Waals surface area contributed by atoms with Crippen molar-refractivity contribution in [3.8, 4) is 17.2 Å². The number of nitrogens with zero attached hydrogens (tertiary/aromatic N) is 2. The highest BCUT2D eigenvalue weighted by Crippen LogP contribution is 2.44. The lowest BCUT2D eigenvalue weighted by Crippen LogP contribution is -2.29. The zero-order valence-corrected chi connectivity index (χ0v) is 19.1. The van der Waals surface area contributed by atoms with Gasteiger partial charge in [-0.05, 0) is 41.5 Å². The number of halogens is 1. The van der Waals surface area contributed by atoms with E-state index in [2.05, 4.69) is 4.98 Å². The number of ketones is 1. The Hall–Kier alpha value is -4.04. The molecule has 1 aliphatic heterocycles. The van der Waals surface area contributed by atoms with E-state index < -0.39 is 23.5 Å². The summed E-state index contributed by atoms with van der Waals surface area (Å²) >= 11 is 6.19. The van der Waals surface area contributed by atoms with Crippen LogP contribution in [-0.4, -0.2) is 46.0 Å². The van der Waals surface area contributed by atoms with Crippen LogP contribution in [0.3, 0.4) is 0 Å². The van der Waals surface area contributed by atoms with Gasteiger partial charge in [0.05, 0.1) is 36.4 Å². The Morgan fingerprint density at radius 1 is 1.06 bits per heavy atom. The number of rotatable bonds is 6. The van der Waals surface area contributed by atoms with Crippen LogP contribution in [0.25, 0.3) is 5.76 Å². The molecule has 0 aliphatic carbocycles. The third-order valence-electron chi connectivity index (χ3n) is 5.56. The Bertz CT molecular complexity index is 1290. The molecular weight excluding hydrogens is 460 g/mol. The van der Waals surface area contributed by atoms with Gasteiger partial charge in [-0.3, -0.25) is 14.6 Å². The minimum Gasteiger partial charge on any atom is -0.508 e. The molecule has 0 bridgehead atoms. The number of hydrogen-bond acceptors (Lipinski definition) is 7. The summed E-state index contributed by atoms with van der Waals surface area (Å²) in [4.78, 5) is 31.7. The molecule has 8 nitrogen and oxygen atoms in total. The summed E-state index contributed by atoms with van der Waals surface area (Å²) in [6.07, 6.45) is 3.17. The molecule has 1 amide bonds. The summed E-state index contributed by atoms with van der Waals surface area (Å²) in [7, 11) is 2.81. The zero-order chi connectivity index (χ0) is 24.4. The number of aliphatic hydroxyl groups is 1. The van der Waals surface area contributed by atoms with Crippen LogP contribution in [0.5, 0.6) is 17.2 Å². The Morgan fingerprint density at radius 2 is 1.76 bits per heavy atom. The standard InChI is InChI=1S/C25H21ClN2O6/c1-33-19-12-18(26)20(34-2)11-17(19)23(30)21-22(15-4-3-5-16(29)10-15)28(25(32)24(21)31)13-14-6-8-27-9-7-14/h3-12,22,29-30H,13H2,1-2H3/b23-21+. The number of ether oxygens (including phenoxy) is 2. The lowest BCUT2D eigenvalue weighted by atomic mass is 9.94. The molecule has 1 saturated heterocycles. The van der Waals surface area contributed by atoms with Gasteiger partial charge in [-0.25, -0.2) is 0 Å². The van der Waals surface area contributed by atoms with Crippen LogP contribution in [0.15, 0.2) is 66.5 Å². The summed E-state index contributed by atoms with van der Waals surface area (Å²) in [5.74, 6) is -1.70. The number of methoxy groups -OCH3 is 2. The first kappa shape index (κ1) is 23.1. The number of benzene rings is 2. The maximum atomic E-state index is 13.2. The molecule has 1 unspecified atom stereocenters. The predicted octanol–water partition coefficient (Wildman–Crippen LogP) is 4.08. The van der Waals surface area contributed by atoms with Crippen molar-refractivity contribution < 1.29 is 29.3 Å². The SMILES string of the molecule is COc1cc(/C(O)=C2\C(=O)C(=O)N(Cc3ccncc3)C2c2cccc(O)c2)c(OC)cc1Cl. The Kier molecular flexibility index (Phi) is 6.43. The smallest absolute Gasteiger partial charge is 0.295 e. The molecule has 3 aromatic rings. The van der Waals surface area contributed by atoms with Gasteiger partial charge in [-0.1, -0.05) is 23.7 Å². The fourth-order valence-electron chi connectivity index (χ4n) is 3.96. The van der Waals surface area contributed by atoms with Crippen molar-refractivity contribution in [3.05, 3.63) is 88.2 Å². The van der Waals surface area contributed by atoms with Crippen molar-refractivity contribution in [3.63, 3.8) is 0 Å². The molecule has 4 rings (SSSR count). The molecule has 0 radical (unpaired) electrons. The molecule has 1 aromatic heterocycles. The fraction of sp³-hybridized carbons (Fsp3) is 0.160. The van der Waals surface area contributed by atoms with Crippen LogP contribution in [0.1, 0.15) is 22.7 Å². The summed E-state index contributed by atoms with van der Waals surface area (Å²) in [6.45, 7) is 0.0886. The first-order valence-electron chi connectivity index (χ1n) is 10.2. The first-order valence-corrected chi connectivity index (χ1v) is 10.6. The number of likely N-dealkylation sites (tertiary alicyclic amines) is 1. The number of amides is 1. The van der Waals surface area contributed by atoms with Crippen molar-refractivity contribution in [1.29, 1.82) is 0 Å². The van der Waals surface area contributed by atoms with Gasteiger partial charge >= 0.3 is 0 Å². The highest BCUT2D eigenvalue weighted by atomic mass is 35.5. The van der Waals surface area contributed by atoms with E-state index in [1.807, 2.05) is 0 Å². The van der Waals surface area contributed by atoms with Gasteiger partial charge in [0.15, 0.2) is 0 Å². The number of phenols is 1. The largest absolute Gasteiger partial charge is 0.508 e. The highest BCUT2D eigenvalue weighted by molar-refractivity contribution is 6.46. The third-order valence-corrected chi connectivity index (χ3v) is 5.85. The fourth-order valence-corrected chi connectivity index (χ4v) is 4.19. The van der Waals surface area contributed by atoms with E-state index in [0.717, 1.165) is 5.56 Å². The average Bonchev–Trinajstić information content (AvgIpc) is 3.09. The van der Waals surface area contributed by atoms with Crippen molar-refractivity contribution in [2.24, 2.45) is 0 Å². The van der Waals surface area contributed by atoms with E-state index >= 15 is 0 Å². The molecule has 2 N–H and O–H groups in total. The summed E-state index contributed by atoms with van der Waals surface area (Å²) < 4.78 is 10.6. The van der Waals surface area contributed by atoms with Gasteiger partial charge in [-0.15, -0.1) is 0 Å². The second kappa shape index (κ2) is 9.44. The maximum absolute atomic E-state index is 13.2. The minimum atomic E-state index is -0.966. The molecule has 0 saturated carbocycles. The number of carbonyl (C=O) groups excluding carboxylic acids is 2. The summed E-state index contributed by atoms with van der Waals surface area (Å²) in [5.41, 5.74) is 1.19. The highest BCUT2D eigenvalue weighted by Gasteiger charge is 2.46. The lowest BCUT2D eigenvalue weighted by Gasteiger charge is -2.25. The quantitative estimate of drug-likeness (QED) is 0.311. The monoisotopic (exact) mass is 480 g/mol. The summed E-state index contributed by atoms with van der Waals surface area (Å²) in [5, 5.41) is 21.7. The van der Waals surface area contributed by atoms with E-state index in [1.54, 1.807) is 36.7 Å². The molecular formula is C25H21ClN2O6. The van der Waals surface area contributed by atoms with Crippen LogP contribution in [0.2, 0.25) is 5.02 Å². The van der Waals surface area contributed by atoms with E-state index in [0.29, 0.717) is 5.56 Å². The Morgan fingerprint density at radius 3 is 2.41 bits per heavy atom. The zero-order valence-electron chi connectivity index (χ0n) is 18.4. The van der Waals surface area contributed by atoms with Crippen LogP contribution in [0, 0.1) is 0 Å². The maximum Gasteiger partial charge on any atom is 0.295 e. The molecule has 2 heterocycles. The average molecular weight is 481 g/mol. The summed E-state index contributed by atoms with van der Waals surface area (Å²) in [6, 6.07) is 11.6. The number of phenolic OH excluding ortho intramolecular Hbond substituents is 1. The molecule has 174 valence electrons. The first-order chi connectivity index (χ1) is 16.3. The lowest BCUT2D eigenvalue weighted by molar-refractivity contribution is -0.140. The predicted molar refractivity (Wildman–Crippen MR) is 125 cm³/mol. The molecule has 0 spiro atoms. The number of aromatic hydroxyl groups is 1. The van der Waals surface area contributed by atoms with Gasteiger partial charge in [0.2, 0.25) is 0 Å². The molecule has 2 aromatic carbocycles. The van der Waals surface area contributed by atoms with Crippen LogP contribution >= 0.6 is 11.6 Å². The van der Waals surface area contributed by atoms with Crippen molar-refractivity contribution in [2.75, 3.05) is 14.2 Å². The normalized spacial score (nSPS) is 17.1. The van der Waals surface area contributed by atoms with Crippen molar-refractivity contribution in [1.82, 2.24) is 9.88 Å².